The summed E-state index contributed by atoms with van der Waals surface area (Å²) in [6.45, 7) is 4.95. The van der Waals surface area contributed by atoms with Gasteiger partial charge in [0.2, 0.25) is 0 Å². The molecule has 1 rings (SSSR count). The predicted molar refractivity (Wildman–Crippen MR) is 78.7 cm³/mol. The number of nitrogens with one attached hydrogen (secondary N) is 1. The molecule has 0 bridgehead atoms. The van der Waals surface area contributed by atoms with E-state index in [0.29, 0.717) is 6.42 Å². The van der Waals surface area contributed by atoms with Gasteiger partial charge in [0.25, 0.3) is 0 Å². The zero-order chi connectivity index (χ0) is 15.0. The topological polar surface area (TPSA) is 69.6 Å². The van der Waals surface area contributed by atoms with Crippen LogP contribution in [0, 0.1) is 0 Å². The number of carboxylic acid groups (broad SMARTS) is 1. The molecule has 0 radical (unpaired) electrons. The van der Waals surface area contributed by atoms with Crippen LogP contribution in [0.1, 0.15) is 65.2 Å². The Bertz CT molecular complexity index is 320. The lowest BCUT2D eigenvalue weighted by Crippen LogP contribution is -2.51. The molecule has 20 heavy (non-hydrogen) atoms. The van der Waals surface area contributed by atoms with Crippen LogP contribution in [0.4, 0.5) is 4.79 Å². The van der Waals surface area contributed by atoms with Crippen LogP contribution in [0.15, 0.2) is 0 Å². The first-order valence-electron chi connectivity index (χ1n) is 7.87. The summed E-state index contributed by atoms with van der Waals surface area (Å²) in [5.41, 5.74) is 0. The molecule has 0 aliphatic carbocycles. The van der Waals surface area contributed by atoms with Gasteiger partial charge in [0.15, 0.2) is 0 Å². The molecular formula is C15H28N2O3. The lowest BCUT2D eigenvalue weighted by atomic mass is 9.98. The van der Waals surface area contributed by atoms with E-state index in [1.807, 2.05) is 4.90 Å². The van der Waals surface area contributed by atoms with E-state index in [4.69, 9.17) is 5.11 Å². The van der Waals surface area contributed by atoms with Crippen molar-refractivity contribution >= 4 is 12.0 Å². The van der Waals surface area contributed by atoms with Crippen LogP contribution in [0.2, 0.25) is 0 Å². The zero-order valence-electron chi connectivity index (χ0n) is 12.7. The molecule has 0 aromatic rings. The molecule has 0 saturated carbocycles. The van der Waals surface area contributed by atoms with E-state index in [-0.39, 0.29) is 24.5 Å². The number of urea groups is 1. The summed E-state index contributed by atoms with van der Waals surface area (Å²) in [6.07, 6.45) is 6.71. The van der Waals surface area contributed by atoms with Crippen LogP contribution in [-0.4, -0.2) is 40.6 Å². The van der Waals surface area contributed by atoms with Crippen molar-refractivity contribution in [2.75, 3.05) is 6.54 Å². The average Bonchev–Trinajstić information content (AvgIpc) is 2.44. The van der Waals surface area contributed by atoms with Gasteiger partial charge in [-0.3, -0.25) is 4.79 Å². The third-order valence-electron chi connectivity index (χ3n) is 4.04. The second-order valence-corrected chi connectivity index (χ2v) is 5.62. The van der Waals surface area contributed by atoms with Gasteiger partial charge >= 0.3 is 12.0 Å². The summed E-state index contributed by atoms with van der Waals surface area (Å²) >= 11 is 0. The molecule has 1 aliphatic rings. The smallest absolute Gasteiger partial charge is 0.317 e. The summed E-state index contributed by atoms with van der Waals surface area (Å²) in [7, 11) is 0. The number of carbonyl (C=O) groups is 2. The number of aliphatic carboxylic acids is 1. The highest BCUT2D eigenvalue weighted by Gasteiger charge is 2.27. The van der Waals surface area contributed by atoms with Crippen molar-refractivity contribution in [3.8, 4) is 0 Å². The monoisotopic (exact) mass is 284 g/mol. The number of carboxylic acids is 1. The number of amides is 2. The molecule has 0 spiro atoms. The van der Waals surface area contributed by atoms with Gasteiger partial charge in [0, 0.05) is 25.0 Å². The normalized spacial score (nSPS) is 20.5. The van der Waals surface area contributed by atoms with E-state index in [0.717, 1.165) is 45.1 Å². The third-order valence-corrected chi connectivity index (χ3v) is 4.04. The van der Waals surface area contributed by atoms with Gasteiger partial charge in [-0.2, -0.15) is 0 Å². The number of carbonyl (C=O) groups excluding carboxylic acids is 1. The number of rotatable bonds is 7. The Labute approximate surface area is 121 Å². The lowest BCUT2D eigenvalue weighted by Gasteiger charge is -2.36. The molecule has 1 aliphatic heterocycles. The molecule has 2 amide bonds. The molecule has 1 fully saturated rings. The van der Waals surface area contributed by atoms with Crippen LogP contribution < -0.4 is 5.32 Å². The lowest BCUT2D eigenvalue weighted by molar-refractivity contribution is -0.137. The first kappa shape index (κ1) is 16.8. The van der Waals surface area contributed by atoms with Gasteiger partial charge in [-0.05, 0) is 38.5 Å². The van der Waals surface area contributed by atoms with Crippen LogP contribution >= 0.6 is 0 Å². The Morgan fingerprint density at radius 2 is 2.10 bits per heavy atom. The van der Waals surface area contributed by atoms with Gasteiger partial charge in [0.05, 0.1) is 0 Å². The van der Waals surface area contributed by atoms with Crippen molar-refractivity contribution in [1.82, 2.24) is 10.2 Å². The molecule has 2 N–H and O–H groups in total. The van der Waals surface area contributed by atoms with Crippen LogP contribution in [0.3, 0.4) is 0 Å². The molecular weight excluding hydrogens is 256 g/mol. The third kappa shape index (κ3) is 5.39. The largest absolute Gasteiger partial charge is 0.481 e. The fraction of sp³-hybridized carbons (Fsp3) is 0.867. The van der Waals surface area contributed by atoms with Crippen molar-refractivity contribution in [2.45, 2.75) is 77.3 Å². The summed E-state index contributed by atoms with van der Waals surface area (Å²) in [6, 6.07) is 0.300. The standard InChI is InChI=1S/C15H28N2O3/c1-3-7-12(4-2)16-15(20)17-11-6-5-8-13(17)9-10-14(18)19/h12-13H,3-11H2,1-2H3,(H,16,20)(H,18,19). The maximum atomic E-state index is 12.4. The second-order valence-electron chi connectivity index (χ2n) is 5.62. The maximum absolute atomic E-state index is 12.4. The Morgan fingerprint density at radius 3 is 2.70 bits per heavy atom. The summed E-state index contributed by atoms with van der Waals surface area (Å²) in [5.74, 6) is -0.784. The Hall–Kier alpha value is -1.26. The first-order chi connectivity index (χ1) is 9.58. The number of likely N-dealkylation sites (tertiary alicyclic amines) is 1. The highest BCUT2D eigenvalue weighted by molar-refractivity contribution is 5.75. The number of hydrogen-bond acceptors (Lipinski definition) is 2. The summed E-state index contributed by atoms with van der Waals surface area (Å²) < 4.78 is 0. The fourth-order valence-electron chi connectivity index (χ4n) is 2.84. The molecule has 1 heterocycles. The maximum Gasteiger partial charge on any atom is 0.317 e. The van der Waals surface area contributed by atoms with Crippen molar-refractivity contribution in [2.24, 2.45) is 0 Å². The summed E-state index contributed by atoms with van der Waals surface area (Å²) in [5, 5.41) is 11.9. The molecule has 0 aromatic heterocycles. The quantitative estimate of drug-likeness (QED) is 0.755. The average molecular weight is 284 g/mol. The molecule has 2 unspecified atom stereocenters. The molecule has 5 nitrogen and oxygen atoms in total. The van der Waals surface area contributed by atoms with Gasteiger partial charge in [-0.15, -0.1) is 0 Å². The van der Waals surface area contributed by atoms with Crippen molar-refractivity contribution in [1.29, 1.82) is 0 Å². The molecule has 2 atom stereocenters. The fourth-order valence-corrected chi connectivity index (χ4v) is 2.84. The van der Waals surface area contributed by atoms with Crippen LogP contribution in [-0.2, 0) is 4.79 Å². The summed E-state index contributed by atoms with van der Waals surface area (Å²) in [4.78, 5) is 24.9. The van der Waals surface area contributed by atoms with E-state index in [1.165, 1.54) is 0 Å². The molecule has 1 saturated heterocycles. The van der Waals surface area contributed by atoms with E-state index in [1.54, 1.807) is 0 Å². The van der Waals surface area contributed by atoms with Gasteiger partial charge < -0.3 is 15.3 Å². The second kappa shape index (κ2) is 8.82. The minimum absolute atomic E-state index is 0.0135. The van der Waals surface area contributed by atoms with Gasteiger partial charge in [-0.1, -0.05) is 20.3 Å². The molecule has 0 aromatic carbocycles. The van der Waals surface area contributed by atoms with Gasteiger partial charge in [-0.25, -0.2) is 4.79 Å². The first-order valence-corrected chi connectivity index (χ1v) is 7.87. The van der Waals surface area contributed by atoms with Crippen molar-refractivity contribution in [3.05, 3.63) is 0 Å². The Morgan fingerprint density at radius 1 is 1.35 bits per heavy atom. The number of nitrogens with zero attached hydrogens (tertiary/aromatic N) is 1. The molecule has 116 valence electrons. The zero-order valence-corrected chi connectivity index (χ0v) is 12.7. The Balaban J connectivity index is 2.54. The van der Waals surface area contributed by atoms with E-state index >= 15 is 0 Å². The number of piperidine rings is 1. The number of hydrogen-bond donors (Lipinski definition) is 2. The van der Waals surface area contributed by atoms with Gasteiger partial charge in [0.1, 0.15) is 0 Å². The van der Waals surface area contributed by atoms with Crippen LogP contribution in [0.5, 0.6) is 0 Å². The highest BCUT2D eigenvalue weighted by atomic mass is 16.4. The predicted octanol–water partition coefficient (Wildman–Crippen LogP) is 2.99. The Kier molecular flexibility index (Phi) is 7.41. The minimum Gasteiger partial charge on any atom is -0.481 e. The van der Waals surface area contributed by atoms with E-state index in [2.05, 4.69) is 19.2 Å². The van der Waals surface area contributed by atoms with Crippen molar-refractivity contribution < 1.29 is 14.7 Å². The van der Waals surface area contributed by atoms with E-state index in [9.17, 15) is 9.59 Å². The minimum atomic E-state index is -0.784. The van der Waals surface area contributed by atoms with E-state index < -0.39 is 5.97 Å². The van der Waals surface area contributed by atoms with Crippen LogP contribution in [0.25, 0.3) is 0 Å². The van der Waals surface area contributed by atoms with Crippen molar-refractivity contribution in [3.63, 3.8) is 0 Å². The highest BCUT2D eigenvalue weighted by Crippen LogP contribution is 2.21. The SMILES string of the molecule is CCCC(CC)NC(=O)N1CCCCC1CCC(=O)O. The molecule has 5 heteroatoms.